The van der Waals surface area contributed by atoms with Gasteiger partial charge < -0.3 is 21.3 Å². The lowest BCUT2D eigenvalue weighted by atomic mass is 9.90. The van der Waals surface area contributed by atoms with E-state index in [1.807, 2.05) is 0 Å². The molecule has 8 heteroatoms. The standard InChI is InChI=1S/C20H23ClFN3O3/c1-2-28-19-11(8-17(24)26)7-16(20(27,10-23)12-3-4-12)25-18(19)14-6-5-13(21)9-15(14)22/h5-7,9,12,27H,2-4,8,10,23H2,1H3,(H2,24,26)/t20-/m1/s1. The molecule has 1 aromatic carbocycles. The van der Waals surface area contributed by atoms with Crippen LogP contribution in [0.3, 0.4) is 0 Å². The van der Waals surface area contributed by atoms with Crippen molar-refractivity contribution in [2.75, 3.05) is 13.2 Å². The molecule has 1 aliphatic rings. The van der Waals surface area contributed by atoms with Gasteiger partial charge in [-0.15, -0.1) is 0 Å². The number of carbonyl (C=O) groups excluding carboxylic acids is 1. The van der Waals surface area contributed by atoms with Crippen LogP contribution in [-0.2, 0) is 16.8 Å². The van der Waals surface area contributed by atoms with Gasteiger partial charge in [-0.3, -0.25) is 4.79 Å². The predicted octanol–water partition coefficient (Wildman–Crippen LogP) is 2.52. The summed E-state index contributed by atoms with van der Waals surface area (Å²) in [5.74, 6) is -0.956. The van der Waals surface area contributed by atoms with E-state index in [4.69, 9.17) is 27.8 Å². The smallest absolute Gasteiger partial charge is 0.221 e. The summed E-state index contributed by atoms with van der Waals surface area (Å²) in [6, 6.07) is 5.77. The third kappa shape index (κ3) is 3.97. The second kappa shape index (κ2) is 8.03. The van der Waals surface area contributed by atoms with E-state index in [9.17, 15) is 14.3 Å². The first-order chi connectivity index (χ1) is 13.3. The number of benzene rings is 1. The van der Waals surface area contributed by atoms with E-state index in [0.717, 1.165) is 12.8 Å². The fourth-order valence-electron chi connectivity index (χ4n) is 3.34. The number of hydrogen-bond donors (Lipinski definition) is 3. The minimum atomic E-state index is -1.37. The maximum atomic E-state index is 14.7. The molecular formula is C20H23ClFN3O3. The van der Waals surface area contributed by atoms with Gasteiger partial charge >= 0.3 is 0 Å². The highest BCUT2D eigenvalue weighted by Crippen LogP contribution is 2.46. The van der Waals surface area contributed by atoms with Crippen LogP contribution in [0.5, 0.6) is 5.75 Å². The van der Waals surface area contributed by atoms with Crippen LogP contribution in [0.15, 0.2) is 24.3 Å². The van der Waals surface area contributed by atoms with Gasteiger partial charge in [0.25, 0.3) is 0 Å². The molecular weight excluding hydrogens is 385 g/mol. The molecule has 1 saturated carbocycles. The summed E-state index contributed by atoms with van der Waals surface area (Å²) >= 11 is 5.87. The van der Waals surface area contributed by atoms with Crippen LogP contribution in [-0.4, -0.2) is 29.1 Å². The quantitative estimate of drug-likeness (QED) is 0.622. The molecule has 2 aromatic rings. The van der Waals surface area contributed by atoms with Gasteiger partial charge in [0, 0.05) is 22.7 Å². The van der Waals surface area contributed by atoms with E-state index >= 15 is 0 Å². The molecule has 0 saturated heterocycles. The second-order valence-electron chi connectivity index (χ2n) is 6.95. The van der Waals surface area contributed by atoms with E-state index in [1.165, 1.54) is 18.2 Å². The van der Waals surface area contributed by atoms with Gasteiger partial charge in [0.2, 0.25) is 5.91 Å². The molecule has 1 heterocycles. The summed E-state index contributed by atoms with van der Waals surface area (Å²) in [4.78, 5) is 16.2. The highest BCUT2D eigenvalue weighted by molar-refractivity contribution is 6.30. The Morgan fingerprint density at radius 3 is 2.68 bits per heavy atom. The lowest BCUT2D eigenvalue weighted by molar-refractivity contribution is -0.117. The van der Waals surface area contributed by atoms with Crippen LogP contribution >= 0.6 is 11.6 Å². The normalized spacial score (nSPS) is 15.9. The Morgan fingerprint density at radius 2 is 2.14 bits per heavy atom. The van der Waals surface area contributed by atoms with Crippen LogP contribution in [0.25, 0.3) is 11.3 Å². The summed E-state index contributed by atoms with van der Waals surface area (Å²) in [6.45, 7) is 2.00. The van der Waals surface area contributed by atoms with Crippen LogP contribution in [0.2, 0.25) is 5.02 Å². The first kappa shape index (κ1) is 20.5. The molecule has 0 bridgehead atoms. The number of hydrogen-bond acceptors (Lipinski definition) is 5. The third-order valence-corrected chi connectivity index (χ3v) is 5.13. The molecule has 5 N–H and O–H groups in total. The zero-order chi connectivity index (χ0) is 20.5. The van der Waals surface area contributed by atoms with Crippen LogP contribution in [0.4, 0.5) is 4.39 Å². The Bertz CT molecular complexity index is 905. The average Bonchev–Trinajstić information content (AvgIpc) is 3.48. The predicted molar refractivity (Wildman–Crippen MR) is 104 cm³/mol. The maximum Gasteiger partial charge on any atom is 0.221 e. The molecule has 1 atom stereocenters. The topological polar surface area (TPSA) is 111 Å². The largest absolute Gasteiger partial charge is 0.491 e. The van der Waals surface area contributed by atoms with Gasteiger partial charge in [-0.2, -0.15) is 0 Å². The Balaban J connectivity index is 2.27. The van der Waals surface area contributed by atoms with Crippen LogP contribution < -0.4 is 16.2 Å². The molecule has 1 aliphatic carbocycles. The lowest BCUT2D eigenvalue weighted by Gasteiger charge is -2.28. The van der Waals surface area contributed by atoms with Crippen molar-refractivity contribution in [1.82, 2.24) is 4.98 Å². The molecule has 6 nitrogen and oxygen atoms in total. The minimum Gasteiger partial charge on any atom is -0.491 e. The molecule has 0 radical (unpaired) electrons. The number of primary amides is 1. The third-order valence-electron chi connectivity index (χ3n) is 4.90. The van der Waals surface area contributed by atoms with Crippen molar-refractivity contribution in [1.29, 1.82) is 0 Å². The summed E-state index contributed by atoms with van der Waals surface area (Å²) in [5, 5.41) is 11.4. The molecule has 0 unspecified atom stereocenters. The van der Waals surface area contributed by atoms with Gasteiger partial charge in [0.15, 0.2) is 0 Å². The highest BCUT2D eigenvalue weighted by Gasteiger charge is 2.46. The number of rotatable bonds is 8. The zero-order valence-electron chi connectivity index (χ0n) is 15.5. The number of nitrogens with zero attached hydrogens (tertiary/aromatic N) is 1. The molecule has 28 heavy (non-hydrogen) atoms. The zero-order valence-corrected chi connectivity index (χ0v) is 16.3. The molecule has 1 amide bonds. The monoisotopic (exact) mass is 407 g/mol. The van der Waals surface area contributed by atoms with Gasteiger partial charge in [0.1, 0.15) is 22.9 Å². The first-order valence-electron chi connectivity index (χ1n) is 9.13. The summed E-state index contributed by atoms with van der Waals surface area (Å²) in [6.07, 6.45) is 1.50. The Kier molecular flexibility index (Phi) is 5.88. The maximum absolute atomic E-state index is 14.7. The number of aromatic nitrogens is 1. The first-order valence-corrected chi connectivity index (χ1v) is 9.51. The lowest BCUT2D eigenvalue weighted by Crippen LogP contribution is -2.38. The van der Waals surface area contributed by atoms with Crippen LogP contribution in [0, 0.1) is 11.7 Å². The SMILES string of the molecule is CCOc1c(CC(N)=O)cc([C@@](O)(CN)C2CC2)nc1-c1ccc(Cl)cc1F. The molecule has 3 rings (SSSR count). The molecule has 0 aliphatic heterocycles. The fraction of sp³-hybridized carbons (Fsp3) is 0.400. The minimum absolute atomic E-state index is 0.0349. The van der Waals surface area contributed by atoms with E-state index in [1.54, 1.807) is 13.0 Å². The molecule has 0 spiro atoms. The van der Waals surface area contributed by atoms with E-state index in [2.05, 4.69) is 4.98 Å². The van der Waals surface area contributed by atoms with Crippen molar-refractivity contribution >= 4 is 17.5 Å². The number of halogens is 2. The molecule has 150 valence electrons. The van der Waals surface area contributed by atoms with Crippen molar-refractivity contribution in [3.63, 3.8) is 0 Å². The Hall–Kier alpha value is -2.22. The van der Waals surface area contributed by atoms with Crippen LogP contribution in [0.1, 0.15) is 31.0 Å². The molecule has 1 fully saturated rings. The van der Waals surface area contributed by atoms with Gasteiger partial charge in [-0.05, 0) is 49.9 Å². The Labute approximate surface area is 167 Å². The van der Waals surface area contributed by atoms with Gasteiger partial charge in [0.05, 0.1) is 18.7 Å². The number of nitrogens with two attached hydrogens (primary N) is 2. The number of amides is 1. The second-order valence-corrected chi connectivity index (χ2v) is 7.38. The number of ether oxygens (including phenoxy) is 1. The fourth-order valence-corrected chi connectivity index (χ4v) is 3.50. The van der Waals surface area contributed by atoms with Crippen molar-refractivity contribution in [2.24, 2.45) is 17.4 Å². The van der Waals surface area contributed by atoms with E-state index < -0.39 is 17.3 Å². The van der Waals surface area contributed by atoms with Crippen molar-refractivity contribution in [3.8, 4) is 17.0 Å². The Morgan fingerprint density at radius 1 is 1.43 bits per heavy atom. The van der Waals surface area contributed by atoms with Gasteiger partial charge in [-0.25, -0.2) is 9.37 Å². The van der Waals surface area contributed by atoms with Crippen molar-refractivity contribution in [3.05, 3.63) is 46.4 Å². The van der Waals surface area contributed by atoms with E-state index in [-0.39, 0.29) is 53.2 Å². The number of pyridine rings is 1. The summed E-state index contributed by atoms with van der Waals surface area (Å²) < 4.78 is 20.4. The van der Waals surface area contributed by atoms with E-state index in [0.29, 0.717) is 5.56 Å². The summed E-state index contributed by atoms with van der Waals surface area (Å²) in [7, 11) is 0. The van der Waals surface area contributed by atoms with Crippen molar-refractivity contribution < 1.29 is 19.0 Å². The highest BCUT2D eigenvalue weighted by atomic mass is 35.5. The number of aliphatic hydroxyl groups is 1. The average molecular weight is 408 g/mol. The van der Waals surface area contributed by atoms with Gasteiger partial charge in [-0.1, -0.05) is 11.6 Å². The summed E-state index contributed by atoms with van der Waals surface area (Å²) in [5.41, 5.74) is 10.9. The number of carbonyl (C=O) groups is 1. The molecule has 1 aromatic heterocycles. The van der Waals surface area contributed by atoms with Crippen molar-refractivity contribution in [2.45, 2.75) is 31.8 Å².